The highest BCUT2D eigenvalue weighted by Crippen LogP contribution is 2.04. The Labute approximate surface area is 96.2 Å². The van der Waals surface area contributed by atoms with Crippen LogP contribution in [0.15, 0.2) is 29.4 Å². The van der Waals surface area contributed by atoms with Gasteiger partial charge in [-0.05, 0) is 24.5 Å². The van der Waals surface area contributed by atoms with E-state index >= 15 is 0 Å². The summed E-state index contributed by atoms with van der Waals surface area (Å²) >= 11 is 0. The maximum Gasteiger partial charge on any atom is 0.156 e. The molecule has 1 rings (SSSR count). The molecular formula is C12H19N3O. The number of nitrogens with one attached hydrogen (secondary N) is 1. The molecule has 4 heteroatoms. The number of benzene rings is 1. The quantitative estimate of drug-likeness (QED) is 0.305. The maximum atomic E-state index is 8.49. The van der Waals surface area contributed by atoms with Crippen LogP contribution in [0.3, 0.4) is 0 Å². The number of hydrogen-bond acceptors (Lipinski definition) is 3. The molecule has 0 fully saturated rings. The fourth-order valence-corrected chi connectivity index (χ4v) is 1.35. The van der Waals surface area contributed by atoms with Crippen LogP contribution < -0.4 is 11.1 Å². The van der Waals surface area contributed by atoms with Gasteiger partial charge in [0.2, 0.25) is 0 Å². The molecule has 0 radical (unpaired) electrons. The lowest BCUT2D eigenvalue weighted by atomic mass is 10.1. The van der Waals surface area contributed by atoms with Crippen LogP contribution >= 0.6 is 0 Å². The van der Waals surface area contributed by atoms with Crippen molar-refractivity contribution >= 4 is 5.84 Å². The third kappa shape index (κ3) is 3.55. The van der Waals surface area contributed by atoms with Crippen LogP contribution in [-0.4, -0.2) is 17.1 Å². The summed E-state index contributed by atoms with van der Waals surface area (Å²) in [7, 11) is 0. The van der Waals surface area contributed by atoms with Crippen molar-refractivity contribution < 1.29 is 5.21 Å². The molecule has 16 heavy (non-hydrogen) atoms. The van der Waals surface area contributed by atoms with Gasteiger partial charge in [-0.15, -0.1) is 0 Å². The van der Waals surface area contributed by atoms with Crippen LogP contribution in [0, 0.1) is 0 Å². The smallest absolute Gasteiger partial charge is 0.156 e. The predicted octanol–water partition coefficient (Wildman–Crippen LogP) is 1.47. The van der Waals surface area contributed by atoms with Crippen LogP contribution in [-0.2, 0) is 13.0 Å². The highest BCUT2D eigenvalue weighted by atomic mass is 16.4. The summed E-state index contributed by atoms with van der Waals surface area (Å²) in [6, 6.07) is 8.28. The van der Waals surface area contributed by atoms with Crippen molar-refractivity contribution in [1.29, 1.82) is 0 Å². The Kier molecular flexibility index (Phi) is 4.79. The number of nitrogens with two attached hydrogens (primary N) is 1. The zero-order valence-corrected chi connectivity index (χ0v) is 9.77. The topological polar surface area (TPSA) is 70.6 Å². The zero-order valence-electron chi connectivity index (χ0n) is 9.77. The molecule has 1 aromatic rings. The van der Waals surface area contributed by atoms with Gasteiger partial charge in [-0.25, -0.2) is 0 Å². The van der Waals surface area contributed by atoms with Gasteiger partial charge in [0.05, 0.1) is 6.04 Å². The van der Waals surface area contributed by atoms with E-state index in [1.165, 1.54) is 11.1 Å². The highest BCUT2D eigenvalue weighted by Gasteiger charge is 2.05. The molecule has 0 saturated heterocycles. The van der Waals surface area contributed by atoms with Gasteiger partial charge < -0.3 is 16.3 Å². The molecule has 0 aliphatic carbocycles. The number of hydrogen-bond donors (Lipinski definition) is 3. The number of aryl methyl sites for hydroxylation is 1. The molecule has 0 saturated carbocycles. The van der Waals surface area contributed by atoms with Crippen LogP contribution in [0.1, 0.15) is 25.0 Å². The van der Waals surface area contributed by atoms with E-state index in [1.54, 1.807) is 0 Å². The van der Waals surface area contributed by atoms with Gasteiger partial charge >= 0.3 is 0 Å². The molecule has 4 nitrogen and oxygen atoms in total. The Morgan fingerprint density at radius 3 is 2.44 bits per heavy atom. The average molecular weight is 221 g/mol. The summed E-state index contributed by atoms with van der Waals surface area (Å²) in [5.41, 5.74) is 7.98. The zero-order chi connectivity index (χ0) is 12.0. The number of rotatable bonds is 5. The molecule has 4 N–H and O–H groups in total. The van der Waals surface area contributed by atoms with Gasteiger partial charge in [0.15, 0.2) is 5.84 Å². The first kappa shape index (κ1) is 12.5. The van der Waals surface area contributed by atoms with Crippen molar-refractivity contribution in [2.24, 2.45) is 10.9 Å². The monoisotopic (exact) mass is 221 g/mol. The van der Waals surface area contributed by atoms with Crippen molar-refractivity contribution in [1.82, 2.24) is 5.32 Å². The van der Waals surface area contributed by atoms with E-state index in [-0.39, 0.29) is 11.9 Å². The molecule has 1 atom stereocenters. The van der Waals surface area contributed by atoms with Crippen LogP contribution in [0.4, 0.5) is 0 Å². The molecule has 1 aromatic carbocycles. The van der Waals surface area contributed by atoms with Crippen molar-refractivity contribution in [3.8, 4) is 0 Å². The van der Waals surface area contributed by atoms with E-state index < -0.39 is 0 Å². The van der Waals surface area contributed by atoms with Gasteiger partial charge in [-0.3, -0.25) is 0 Å². The minimum Gasteiger partial charge on any atom is -0.409 e. The van der Waals surface area contributed by atoms with E-state index in [2.05, 4.69) is 41.7 Å². The standard InChI is InChI=1S/C12H19N3O/c1-3-10-4-6-11(7-5-10)8-14-9(2)12(13)15-16/h4-7,9,14,16H,3,8H2,1-2H3,(H2,13,15). The lowest BCUT2D eigenvalue weighted by Crippen LogP contribution is -2.38. The molecule has 0 spiro atoms. The largest absolute Gasteiger partial charge is 0.409 e. The molecule has 0 heterocycles. The normalized spacial score (nSPS) is 13.8. The molecular weight excluding hydrogens is 202 g/mol. The first-order valence-corrected chi connectivity index (χ1v) is 5.46. The summed E-state index contributed by atoms with van der Waals surface area (Å²) < 4.78 is 0. The van der Waals surface area contributed by atoms with E-state index in [1.807, 2.05) is 6.92 Å². The number of amidine groups is 1. The Hall–Kier alpha value is -1.55. The summed E-state index contributed by atoms with van der Waals surface area (Å²) in [5.74, 6) is 0.199. The summed E-state index contributed by atoms with van der Waals surface area (Å²) in [6.45, 7) is 4.70. The van der Waals surface area contributed by atoms with Crippen molar-refractivity contribution in [3.63, 3.8) is 0 Å². The van der Waals surface area contributed by atoms with E-state index in [4.69, 9.17) is 10.9 Å². The Morgan fingerprint density at radius 2 is 1.94 bits per heavy atom. The first-order valence-electron chi connectivity index (χ1n) is 5.46. The van der Waals surface area contributed by atoms with E-state index in [0.717, 1.165) is 6.42 Å². The first-order chi connectivity index (χ1) is 7.67. The molecule has 0 aliphatic rings. The van der Waals surface area contributed by atoms with Crippen LogP contribution in [0.2, 0.25) is 0 Å². The van der Waals surface area contributed by atoms with Crippen LogP contribution in [0.25, 0.3) is 0 Å². The Morgan fingerprint density at radius 1 is 1.38 bits per heavy atom. The fourth-order valence-electron chi connectivity index (χ4n) is 1.35. The Bertz CT molecular complexity index is 346. The van der Waals surface area contributed by atoms with Gasteiger partial charge in [-0.2, -0.15) is 0 Å². The lowest BCUT2D eigenvalue weighted by molar-refractivity contribution is 0.315. The second-order valence-electron chi connectivity index (χ2n) is 3.80. The molecule has 0 aromatic heterocycles. The van der Waals surface area contributed by atoms with Crippen molar-refractivity contribution in [2.75, 3.05) is 0 Å². The van der Waals surface area contributed by atoms with E-state index in [9.17, 15) is 0 Å². The second kappa shape index (κ2) is 6.12. The molecule has 0 bridgehead atoms. The van der Waals surface area contributed by atoms with Gasteiger partial charge in [0, 0.05) is 6.54 Å². The summed E-state index contributed by atoms with van der Waals surface area (Å²) in [5, 5.41) is 14.6. The molecule has 0 amide bonds. The molecule has 1 unspecified atom stereocenters. The van der Waals surface area contributed by atoms with Crippen molar-refractivity contribution in [3.05, 3.63) is 35.4 Å². The molecule has 0 aliphatic heterocycles. The Balaban J connectivity index is 2.48. The SMILES string of the molecule is CCc1ccc(CNC(C)/C(N)=N/O)cc1. The summed E-state index contributed by atoms with van der Waals surface area (Å²) in [6.07, 6.45) is 1.05. The fraction of sp³-hybridized carbons (Fsp3) is 0.417. The minimum absolute atomic E-state index is 0.129. The average Bonchev–Trinajstić information content (AvgIpc) is 2.35. The van der Waals surface area contributed by atoms with Gasteiger partial charge in [0.25, 0.3) is 0 Å². The minimum atomic E-state index is -0.129. The highest BCUT2D eigenvalue weighted by molar-refractivity contribution is 5.84. The third-order valence-electron chi connectivity index (χ3n) is 2.60. The number of nitrogens with zero attached hydrogens (tertiary/aromatic N) is 1. The predicted molar refractivity (Wildman–Crippen MR) is 65.5 cm³/mol. The number of oxime groups is 1. The van der Waals surface area contributed by atoms with Gasteiger partial charge in [0.1, 0.15) is 0 Å². The molecule has 88 valence electrons. The van der Waals surface area contributed by atoms with Crippen molar-refractivity contribution in [2.45, 2.75) is 32.9 Å². The lowest BCUT2D eigenvalue weighted by Gasteiger charge is -2.12. The van der Waals surface area contributed by atoms with E-state index in [0.29, 0.717) is 6.54 Å². The third-order valence-corrected chi connectivity index (χ3v) is 2.60. The maximum absolute atomic E-state index is 8.49. The van der Waals surface area contributed by atoms with Gasteiger partial charge in [-0.1, -0.05) is 36.3 Å². The summed E-state index contributed by atoms with van der Waals surface area (Å²) in [4.78, 5) is 0. The van der Waals surface area contributed by atoms with Crippen LogP contribution in [0.5, 0.6) is 0 Å². The second-order valence-corrected chi connectivity index (χ2v) is 3.80.